The van der Waals surface area contributed by atoms with Crippen molar-refractivity contribution < 1.29 is 75.8 Å². The molecule has 578 valence electrons. The normalized spacial score (nSPS) is 14.8. The number of hydrogen-bond donors (Lipinski definition) is 4. The predicted octanol–water partition coefficient (Wildman–Crippen LogP) is 22.9. The molecule has 5 unspecified atom stereocenters. The van der Waals surface area contributed by atoms with Crippen LogP contribution in [0.2, 0.25) is 0 Å². The van der Waals surface area contributed by atoms with E-state index in [4.69, 9.17) is 32.3 Å². The molecule has 5 atom stereocenters. The summed E-state index contributed by atoms with van der Waals surface area (Å²) in [5, 5.41) is 20.6. The Morgan fingerprint density at radius 3 is 0.832 bits per heavy atom. The van der Waals surface area contributed by atoms with E-state index >= 15 is 0 Å². The van der Waals surface area contributed by atoms with Gasteiger partial charge in [-0.1, -0.05) is 282 Å². The zero-order valence-electron chi connectivity index (χ0n) is 63.0. The molecule has 0 rings (SSSR count). The van der Waals surface area contributed by atoms with Gasteiger partial charge in [0, 0.05) is 19.3 Å². The second kappa shape index (κ2) is 75.1. The molecule has 0 fully saturated rings. The first-order valence-electron chi connectivity index (χ1n) is 39.1. The lowest BCUT2D eigenvalue weighted by molar-refractivity contribution is -0.161. The van der Waals surface area contributed by atoms with Crippen LogP contribution in [-0.4, -0.2) is 95.9 Å². The average molecular weight is 1460 g/mol. The molecule has 0 spiro atoms. The molecule has 0 saturated carbocycles. The molecule has 18 heteroatoms. The molecular weight excluding hydrogens is 1310 g/mol. The Balaban J connectivity index is 4.67. The van der Waals surface area contributed by atoms with Gasteiger partial charge in [-0.3, -0.25) is 32.5 Å². The largest absolute Gasteiger partial charge is 0.472 e. The van der Waals surface area contributed by atoms with Crippen LogP contribution in [0.25, 0.3) is 0 Å². The summed E-state index contributed by atoms with van der Waals surface area (Å²) < 4.78 is 61.1. The molecule has 0 aliphatic rings. The van der Waals surface area contributed by atoms with Gasteiger partial charge in [0.2, 0.25) is 0 Å². The van der Waals surface area contributed by atoms with Gasteiger partial charge in [-0.2, -0.15) is 0 Å². The number of phosphoric ester groups is 2. The van der Waals surface area contributed by atoms with Gasteiger partial charge in [0.15, 0.2) is 6.10 Å². The summed E-state index contributed by atoms with van der Waals surface area (Å²) in [7, 11) is -9.81. The van der Waals surface area contributed by atoms with E-state index < -0.39 is 91.5 Å². The first-order valence-corrected chi connectivity index (χ1v) is 42.1. The summed E-state index contributed by atoms with van der Waals surface area (Å²) in [6.45, 7) is 2.46. The van der Waals surface area contributed by atoms with E-state index in [0.717, 1.165) is 167 Å². The lowest BCUT2D eigenvalue weighted by Gasteiger charge is -2.21. The minimum Gasteiger partial charge on any atom is -0.463 e. The summed E-state index contributed by atoms with van der Waals surface area (Å²) in [5.41, 5.74) is 0. The van der Waals surface area contributed by atoms with Crippen molar-refractivity contribution in [3.63, 3.8) is 0 Å². The van der Waals surface area contributed by atoms with Crippen molar-refractivity contribution in [2.24, 2.45) is 0 Å². The Labute approximate surface area is 613 Å². The number of hydrogen-bond acceptors (Lipinski definition) is 14. The number of carbonyl (C=O) groups excluding carboxylic acids is 3. The third-order valence-electron chi connectivity index (χ3n) is 16.0. The highest BCUT2D eigenvalue weighted by molar-refractivity contribution is 7.47. The highest BCUT2D eigenvalue weighted by atomic mass is 31.2. The van der Waals surface area contributed by atoms with Gasteiger partial charge in [-0.25, -0.2) is 9.13 Å². The van der Waals surface area contributed by atoms with Crippen molar-refractivity contribution in [3.8, 4) is 0 Å². The first kappa shape index (κ1) is 96.4. The fourth-order valence-electron chi connectivity index (χ4n) is 10.1. The van der Waals surface area contributed by atoms with E-state index in [2.05, 4.69) is 167 Å². The van der Waals surface area contributed by atoms with Crippen molar-refractivity contribution in [1.29, 1.82) is 0 Å². The molecule has 0 aliphatic carbocycles. The predicted molar refractivity (Wildman–Crippen MR) is 417 cm³/mol. The molecule has 0 amide bonds. The summed E-state index contributed by atoms with van der Waals surface area (Å²) >= 11 is 0. The van der Waals surface area contributed by atoms with Crippen LogP contribution in [0.3, 0.4) is 0 Å². The van der Waals surface area contributed by atoms with E-state index in [-0.39, 0.29) is 19.3 Å². The molecule has 0 aliphatic heterocycles. The molecule has 0 aromatic rings. The number of esters is 3. The van der Waals surface area contributed by atoms with Crippen LogP contribution in [0.4, 0.5) is 0 Å². The van der Waals surface area contributed by atoms with Crippen molar-refractivity contribution >= 4 is 33.6 Å². The van der Waals surface area contributed by atoms with Gasteiger partial charge >= 0.3 is 33.6 Å². The SMILES string of the molecule is CC/C=C\C/C=C\C/C=C\C/C=C\CCCCCCC(=O)OC(COC(=O)CCCCCCCCC/C=C\C/C=C\C/C=C\C/C=C\CCCCC)COP(=O)(O)OCC(O)COP(=O)(O)OCC(O)COC(=O)CCCCCCCCCCC/C=C\C/C=C\C/C=C\C/C=C\CCCCC. The topological polar surface area (TPSA) is 231 Å². The van der Waals surface area contributed by atoms with Crippen LogP contribution in [0.15, 0.2) is 146 Å². The monoisotopic (exact) mass is 1450 g/mol. The van der Waals surface area contributed by atoms with Crippen LogP contribution < -0.4 is 0 Å². The lowest BCUT2D eigenvalue weighted by Crippen LogP contribution is -2.30. The number of unbranched alkanes of at least 4 members (excludes halogenated alkanes) is 26. The Morgan fingerprint density at radius 2 is 0.525 bits per heavy atom. The van der Waals surface area contributed by atoms with E-state index in [1.165, 1.54) is 77.0 Å². The summed E-state index contributed by atoms with van der Waals surface area (Å²) in [6, 6.07) is 0. The van der Waals surface area contributed by atoms with E-state index in [9.17, 15) is 43.5 Å². The van der Waals surface area contributed by atoms with Crippen LogP contribution >= 0.6 is 15.6 Å². The highest BCUT2D eigenvalue weighted by Gasteiger charge is 2.29. The fourth-order valence-corrected chi connectivity index (χ4v) is 11.6. The molecule has 0 aromatic heterocycles. The minimum atomic E-state index is -4.95. The Kier molecular flexibility index (Phi) is 71.7. The standard InChI is InChI=1S/C83H140O16P2/c1-4-7-10-13-16-19-22-25-28-31-33-35-37-38-40-42-43-46-48-51-54-57-60-63-66-69-81(86)93-72-78(84)73-95-100(89,90)96-74-79(85)75-97-101(91,92)98-77-80(99-83(88)71-68-65-62-59-56-53-50-45-30-27-24-21-18-15-12-9-6-3)76-94-82(87)70-67-64-61-58-55-52-49-47-44-41-39-36-34-32-29-26-23-20-17-14-11-8-5-2/h9,12,16-21,25-30,33-36,38,40-41,44,50,53,78-80,84-85H,4-8,10-11,13-15,22-24,31-32,37,39,42-43,45-49,51-52,54-77H2,1-3H3,(H,89,90)(H,91,92)/b12-9-,19-16-,20-17-,21-18-,28-25-,29-26-,30-27-,35-33-,36-34-,40-38-,44-41-,53-50-. The Bertz CT molecular complexity index is 2420. The van der Waals surface area contributed by atoms with Gasteiger partial charge < -0.3 is 34.2 Å². The van der Waals surface area contributed by atoms with Crippen molar-refractivity contribution in [2.45, 2.75) is 322 Å². The first-order chi connectivity index (χ1) is 49.2. The van der Waals surface area contributed by atoms with E-state index in [0.29, 0.717) is 19.3 Å². The minimum absolute atomic E-state index is 0.0693. The number of phosphoric acid groups is 2. The van der Waals surface area contributed by atoms with E-state index in [1.807, 2.05) is 0 Å². The van der Waals surface area contributed by atoms with Crippen LogP contribution in [0, 0.1) is 0 Å². The molecule has 0 radical (unpaired) electrons. The maximum absolute atomic E-state index is 13.0. The molecule has 0 aromatic carbocycles. The average Bonchev–Trinajstić information content (AvgIpc) is 0.943. The summed E-state index contributed by atoms with van der Waals surface area (Å²) in [6.07, 6.45) is 91.7. The van der Waals surface area contributed by atoms with Gasteiger partial charge in [0.05, 0.1) is 26.4 Å². The highest BCUT2D eigenvalue weighted by Crippen LogP contribution is 2.45. The van der Waals surface area contributed by atoms with Crippen molar-refractivity contribution in [1.82, 2.24) is 0 Å². The number of carbonyl (C=O) groups is 3. The van der Waals surface area contributed by atoms with Crippen LogP contribution in [0.5, 0.6) is 0 Å². The Morgan fingerprint density at radius 1 is 0.287 bits per heavy atom. The molecule has 101 heavy (non-hydrogen) atoms. The second-order valence-electron chi connectivity index (χ2n) is 25.8. The summed E-state index contributed by atoms with van der Waals surface area (Å²) in [5.74, 6) is -1.62. The molecule has 0 heterocycles. The molecule has 0 bridgehead atoms. The molecular formula is C83H140O16P2. The van der Waals surface area contributed by atoms with E-state index in [1.54, 1.807) is 0 Å². The second-order valence-corrected chi connectivity index (χ2v) is 28.7. The van der Waals surface area contributed by atoms with Crippen LogP contribution in [-0.2, 0) is 55.8 Å². The zero-order valence-corrected chi connectivity index (χ0v) is 64.8. The maximum Gasteiger partial charge on any atom is 0.472 e. The zero-order chi connectivity index (χ0) is 73.7. The Hall–Kier alpha value is -4.57. The molecule has 16 nitrogen and oxygen atoms in total. The number of ether oxygens (including phenoxy) is 3. The van der Waals surface area contributed by atoms with Gasteiger partial charge in [-0.15, -0.1) is 0 Å². The third-order valence-corrected chi connectivity index (χ3v) is 17.9. The van der Waals surface area contributed by atoms with Crippen molar-refractivity contribution in [3.05, 3.63) is 146 Å². The van der Waals surface area contributed by atoms with Gasteiger partial charge in [0.1, 0.15) is 25.4 Å². The fraction of sp³-hybridized carbons (Fsp3) is 0.675. The summed E-state index contributed by atoms with van der Waals surface area (Å²) in [4.78, 5) is 58.7. The quantitative estimate of drug-likeness (QED) is 0.0146. The van der Waals surface area contributed by atoms with Crippen molar-refractivity contribution in [2.75, 3.05) is 39.6 Å². The number of rotatable bonds is 73. The molecule has 0 saturated heterocycles. The van der Waals surface area contributed by atoms with Gasteiger partial charge in [-0.05, 0) is 148 Å². The smallest absolute Gasteiger partial charge is 0.463 e. The third kappa shape index (κ3) is 76.4. The number of aliphatic hydroxyl groups excluding tert-OH is 2. The lowest BCUT2D eigenvalue weighted by atomic mass is 10.1. The number of aliphatic hydroxyl groups is 2. The maximum atomic E-state index is 13.0. The van der Waals surface area contributed by atoms with Crippen LogP contribution in [0.1, 0.15) is 303 Å². The number of allylic oxidation sites excluding steroid dienone is 24. The molecule has 4 N–H and O–H groups in total. The van der Waals surface area contributed by atoms with Gasteiger partial charge in [0.25, 0.3) is 0 Å².